The fraction of sp³-hybridized carbons (Fsp3) is 0.818. The summed E-state index contributed by atoms with van der Waals surface area (Å²) in [4.78, 5) is 6.42. The Balaban J connectivity index is 2.47. The van der Waals surface area contributed by atoms with Crippen LogP contribution in [-0.2, 0) is 0 Å². The second kappa shape index (κ2) is 5.59. The highest BCUT2D eigenvalue weighted by Gasteiger charge is 2.29. The van der Waals surface area contributed by atoms with Crippen LogP contribution in [0, 0.1) is 17.2 Å². The third kappa shape index (κ3) is 4.20. The van der Waals surface area contributed by atoms with Crippen LogP contribution in [0.1, 0.15) is 33.1 Å². The van der Waals surface area contributed by atoms with Crippen molar-refractivity contribution in [3.63, 3.8) is 0 Å². The van der Waals surface area contributed by atoms with E-state index in [4.69, 9.17) is 11.0 Å². The predicted octanol–water partition coefficient (Wildman–Crippen LogP) is 1.34. The van der Waals surface area contributed by atoms with Gasteiger partial charge in [-0.3, -0.25) is 4.99 Å². The fourth-order valence-electron chi connectivity index (χ4n) is 1.41. The second-order valence-electron chi connectivity index (χ2n) is 4.43. The Morgan fingerprint density at radius 1 is 1.60 bits per heavy atom. The molecule has 0 radical (unpaired) electrons. The van der Waals surface area contributed by atoms with Crippen LogP contribution in [-0.4, -0.2) is 30.0 Å². The molecule has 0 aromatic rings. The standard InChI is InChI=1S/C11H20N4/c1-9(2)8-14-11(13)15(7-3-6-12)10-4-5-10/h9-10H,3-5,7-8H2,1-2H3,(H2,13,14). The van der Waals surface area contributed by atoms with Gasteiger partial charge in [0.2, 0.25) is 0 Å². The molecule has 15 heavy (non-hydrogen) atoms. The van der Waals surface area contributed by atoms with Gasteiger partial charge in [0.1, 0.15) is 0 Å². The monoisotopic (exact) mass is 208 g/mol. The highest BCUT2D eigenvalue weighted by Crippen LogP contribution is 2.26. The number of rotatable bonds is 5. The van der Waals surface area contributed by atoms with Crippen LogP contribution in [0.4, 0.5) is 0 Å². The van der Waals surface area contributed by atoms with Crippen molar-refractivity contribution < 1.29 is 0 Å². The number of nitrogens with zero attached hydrogens (tertiary/aromatic N) is 3. The maximum atomic E-state index is 8.56. The summed E-state index contributed by atoms with van der Waals surface area (Å²) in [6.45, 7) is 5.72. The summed E-state index contributed by atoms with van der Waals surface area (Å²) in [5, 5.41) is 8.56. The van der Waals surface area contributed by atoms with Crippen molar-refractivity contribution in [1.82, 2.24) is 4.90 Å². The predicted molar refractivity (Wildman–Crippen MR) is 61.3 cm³/mol. The van der Waals surface area contributed by atoms with Gasteiger partial charge in [0.25, 0.3) is 0 Å². The summed E-state index contributed by atoms with van der Waals surface area (Å²) in [6.07, 6.45) is 2.89. The highest BCUT2D eigenvalue weighted by atomic mass is 15.3. The minimum atomic E-state index is 0.522. The zero-order valence-electron chi connectivity index (χ0n) is 9.61. The Morgan fingerprint density at radius 2 is 2.27 bits per heavy atom. The van der Waals surface area contributed by atoms with Crippen molar-refractivity contribution in [2.45, 2.75) is 39.2 Å². The van der Waals surface area contributed by atoms with Gasteiger partial charge >= 0.3 is 0 Å². The van der Waals surface area contributed by atoms with Crippen LogP contribution in [0.2, 0.25) is 0 Å². The van der Waals surface area contributed by atoms with E-state index in [1.165, 1.54) is 12.8 Å². The molecule has 0 heterocycles. The molecule has 0 aliphatic heterocycles. The Labute approximate surface area is 91.8 Å². The first-order valence-corrected chi connectivity index (χ1v) is 5.58. The van der Waals surface area contributed by atoms with E-state index >= 15 is 0 Å². The molecule has 1 rings (SSSR count). The van der Waals surface area contributed by atoms with Gasteiger partial charge in [-0.2, -0.15) is 5.26 Å². The molecule has 1 aliphatic rings. The van der Waals surface area contributed by atoms with Gasteiger partial charge < -0.3 is 10.6 Å². The van der Waals surface area contributed by atoms with Crippen molar-refractivity contribution in [1.29, 1.82) is 5.26 Å². The lowest BCUT2D eigenvalue weighted by Gasteiger charge is -2.22. The van der Waals surface area contributed by atoms with Gasteiger partial charge in [-0.05, 0) is 18.8 Å². The highest BCUT2D eigenvalue weighted by molar-refractivity contribution is 5.78. The number of nitriles is 1. The van der Waals surface area contributed by atoms with E-state index in [1.807, 2.05) is 0 Å². The first-order valence-electron chi connectivity index (χ1n) is 5.58. The molecule has 1 saturated carbocycles. The third-order valence-corrected chi connectivity index (χ3v) is 2.36. The molecule has 0 bridgehead atoms. The topological polar surface area (TPSA) is 65.4 Å². The van der Waals surface area contributed by atoms with Crippen molar-refractivity contribution >= 4 is 5.96 Å². The third-order valence-electron chi connectivity index (χ3n) is 2.36. The molecule has 0 spiro atoms. The van der Waals surface area contributed by atoms with E-state index in [0.717, 1.165) is 6.54 Å². The smallest absolute Gasteiger partial charge is 0.191 e. The average Bonchev–Trinajstić information content (AvgIpc) is 2.99. The van der Waals surface area contributed by atoms with Crippen LogP contribution in [0.3, 0.4) is 0 Å². The molecule has 0 saturated heterocycles. The molecule has 0 aromatic heterocycles. The molecule has 1 aliphatic carbocycles. The number of nitrogens with two attached hydrogens (primary N) is 1. The minimum Gasteiger partial charge on any atom is -0.370 e. The Hall–Kier alpha value is -1.24. The van der Waals surface area contributed by atoms with E-state index < -0.39 is 0 Å². The van der Waals surface area contributed by atoms with Gasteiger partial charge in [0.15, 0.2) is 5.96 Å². The maximum absolute atomic E-state index is 8.56. The minimum absolute atomic E-state index is 0.522. The van der Waals surface area contributed by atoms with Gasteiger partial charge in [-0.25, -0.2) is 0 Å². The summed E-state index contributed by atoms with van der Waals surface area (Å²) in [7, 11) is 0. The Bertz CT molecular complexity index is 260. The van der Waals surface area contributed by atoms with Crippen LogP contribution in [0.5, 0.6) is 0 Å². The Kier molecular flexibility index (Phi) is 4.41. The van der Waals surface area contributed by atoms with Gasteiger partial charge in [0.05, 0.1) is 12.5 Å². The summed E-state index contributed by atoms with van der Waals surface area (Å²) in [6, 6.07) is 2.68. The Morgan fingerprint density at radius 3 is 2.73 bits per heavy atom. The largest absolute Gasteiger partial charge is 0.370 e. The first kappa shape index (κ1) is 11.8. The molecule has 2 N–H and O–H groups in total. The van der Waals surface area contributed by atoms with Gasteiger partial charge in [-0.1, -0.05) is 13.8 Å². The number of hydrogen-bond donors (Lipinski definition) is 1. The van der Waals surface area contributed by atoms with E-state index in [9.17, 15) is 0 Å². The molecule has 0 aromatic carbocycles. The molecule has 0 amide bonds. The molecule has 4 nitrogen and oxygen atoms in total. The van der Waals surface area contributed by atoms with Gasteiger partial charge in [-0.15, -0.1) is 0 Å². The normalized spacial score (nSPS) is 16.5. The van der Waals surface area contributed by atoms with E-state index in [0.29, 0.717) is 30.9 Å². The van der Waals surface area contributed by atoms with Crippen LogP contribution in [0.15, 0.2) is 4.99 Å². The average molecular weight is 208 g/mol. The maximum Gasteiger partial charge on any atom is 0.191 e. The SMILES string of the molecule is CC(C)CN=C(N)N(CCC#N)C1CC1. The van der Waals surface area contributed by atoms with Gasteiger partial charge in [0, 0.05) is 19.1 Å². The van der Waals surface area contributed by atoms with Crippen molar-refractivity contribution in [3.8, 4) is 6.07 Å². The summed E-state index contributed by atoms with van der Waals surface area (Å²) in [5.41, 5.74) is 5.91. The molecule has 84 valence electrons. The number of aliphatic imine (C=N–C) groups is 1. The summed E-state index contributed by atoms with van der Waals surface area (Å²) in [5.74, 6) is 1.14. The number of hydrogen-bond acceptors (Lipinski definition) is 2. The van der Waals surface area contributed by atoms with Crippen molar-refractivity contribution in [2.75, 3.05) is 13.1 Å². The van der Waals surface area contributed by atoms with Crippen LogP contribution < -0.4 is 5.73 Å². The molecule has 1 fully saturated rings. The summed E-state index contributed by atoms with van der Waals surface area (Å²) >= 11 is 0. The first-order chi connectivity index (χ1) is 7.15. The molecule has 4 heteroatoms. The van der Waals surface area contributed by atoms with E-state index in [1.54, 1.807) is 0 Å². The van der Waals surface area contributed by atoms with Crippen LogP contribution in [0.25, 0.3) is 0 Å². The lowest BCUT2D eigenvalue weighted by atomic mass is 10.2. The van der Waals surface area contributed by atoms with E-state index in [2.05, 4.69) is 29.8 Å². The zero-order chi connectivity index (χ0) is 11.3. The lowest BCUT2D eigenvalue weighted by molar-refractivity contribution is 0.410. The van der Waals surface area contributed by atoms with Crippen molar-refractivity contribution in [3.05, 3.63) is 0 Å². The lowest BCUT2D eigenvalue weighted by Crippen LogP contribution is -2.40. The van der Waals surface area contributed by atoms with Crippen LogP contribution >= 0.6 is 0 Å². The quantitative estimate of drug-likeness (QED) is 0.547. The fourth-order valence-corrected chi connectivity index (χ4v) is 1.41. The number of guanidine groups is 1. The van der Waals surface area contributed by atoms with E-state index in [-0.39, 0.29) is 0 Å². The zero-order valence-corrected chi connectivity index (χ0v) is 9.61. The molecular formula is C11H20N4. The molecular weight excluding hydrogens is 188 g/mol. The molecule has 0 atom stereocenters. The van der Waals surface area contributed by atoms with Crippen molar-refractivity contribution in [2.24, 2.45) is 16.6 Å². The summed E-state index contributed by atoms with van der Waals surface area (Å²) < 4.78 is 0. The second-order valence-corrected chi connectivity index (χ2v) is 4.43. The molecule has 0 unspecified atom stereocenters.